The minimum atomic E-state index is -1.29. The van der Waals surface area contributed by atoms with E-state index in [2.05, 4.69) is 30.8 Å². The summed E-state index contributed by atoms with van der Waals surface area (Å²) in [6, 6.07) is 6.75. The molecule has 2 atom stereocenters. The van der Waals surface area contributed by atoms with Gasteiger partial charge in [0.1, 0.15) is 18.8 Å². The van der Waals surface area contributed by atoms with Crippen LogP contribution in [0, 0.1) is 0 Å². The van der Waals surface area contributed by atoms with E-state index < -0.39 is 24.0 Å². The molecule has 0 aliphatic carbocycles. The molecule has 0 spiro atoms. The van der Waals surface area contributed by atoms with E-state index in [1.807, 2.05) is 6.07 Å². The molecule has 2 unspecified atom stereocenters. The first kappa shape index (κ1) is 26.3. The molecule has 3 aromatic rings. The van der Waals surface area contributed by atoms with Crippen LogP contribution in [0.15, 0.2) is 36.7 Å². The van der Waals surface area contributed by atoms with Crippen molar-refractivity contribution in [1.82, 2.24) is 40.4 Å². The Balaban J connectivity index is 1.15. The Morgan fingerprint density at radius 2 is 1.88 bits per heavy atom. The van der Waals surface area contributed by atoms with Gasteiger partial charge in [-0.1, -0.05) is 6.07 Å². The molecule has 2 aromatic heterocycles. The second-order valence-electron chi connectivity index (χ2n) is 10.8. The van der Waals surface area contributed by atoms with E-state index in [1.165, 1.54) is 9.58 Å². The molecule has 13 heteroatoms. The topological polar surface area (TPSA) is 151 Å². The van der Waals surface area contributed by atoms with Gasteiger partial charge in [-0.25, -0.2) is 4.39 Å². The lowest BCUT2D eigenvalue weighted by Crippen LogP contribution is -2.64. The van der Waals surface area contributed by atoms with Crippen LogP contribution in [0.3, 0.4) is 0 Å². The summed E-state index contributed by atoms with van der Waals surface area (Å²) in [7, 11) is 0. The molecular formula is C27H32FN9O3. The van der Waals surface area contributed by atoms with Gasteiger partial charge in [-0.3, -0.25) is 24.0 Å². The van der Waals surface area contributed by atoms with Gasteiger partial charge in [0.15, 0.2) is 5.69 Å². The normalized spacial score (nSPS) is 22.4. The molecule has 3 saturated heterocycles. The Hall–Kier alpha value is -3.97. The van der Waals surface area contributed by atoms with Gasteiger partial charge >= 0.3 is 0 Å². The maximum Gasteiger partial charge on any atom is 0.269 e. The lowest BCUT2D eigenvalue weighted by molar-refractivity contribution is -0.139. The van der Waals surface area contributed by atoms with E-state index in [9.17, 15) is 18.8 Å². The van der Waals surface area contributed by atoms with Crippen molar-refractivity contribution in [2.24, 2.45) is 5.73 Å². The molecule has 3 fully saturated rings. The SMILES string of the molecule is NC(=O)c1nn(CC(=O)N2CC(F)CC2C(=O)NC2CN(C3CCNCC3)C2)c2ccc(-c3ccnnc3)cc12. The fourth-order valence-electron chi connectivity index (χ4n) is 6.02. The standard InChI is InChI=1S/C27H32FN9O3/c28-18-10-23(27(40)33-19-13-35(14-19)20-4-6-30-7-5-20)36(12-18)24(38)15-37-22-2-1-16(17-3-8-31-32-11-17)9-21(22)25(34-37)26(29)39/h1-3,8-9,11,18-20,23,30H,4-7,10,12-15H2,(H2,29,39)(H,33,40). The molecule has 0 bridgehead atoms. The van der Waals surface area contributed by atoms with Crippen molar-refractivity contribution >= 4 is 28.6 Å². The highest BCUT2D eigenvalue weighted by molar-refractivity contribution is 6.05. The second kappa shape index (κ2) is 10.9. The van der Waals surface area contributed by atoms with E-state index >= 15 is 0 Å². The van der Waals surface area contributed by atoms with Crippen LogP contribution in [0.4, 0.5) is 4.39 Å². The number of halogens is 1. The highest BCUT2D eigenvalue weighted by atomic mass is 19.1. The number of likely N-dealkylation sites (tertiary alicyclic amines) is 2. The number of carbonyl (C=O) groups is 3. The number of piperidine rings is 1. The zero-order valence-corrected chi connectivity index (χ0v) is 22.0. The highest BCUT2D eigenvalue weighted by Gasteiger charge is 2.42. The van der Waals surface area contributed by atoms with Crippen LogP contribution in [-0.2, 0) is 16.1 Å². The predicted molar refractivity (Wildman–Crippen MR) is 144 cm³/mol. The van der Waals surface area contributed by atoms with Crippen molar-refractivity contribution in [2.75, 3.05) is 32.7 Å². The first-order valence-corrected chi connectivity index (χ1v) is 13.6. The summed E-state index contributed by atoms with van der Waals surface area (Å²) in [6.45, 7) is 3.12. The van der Waals surface area contributed by atoms with E-state index in [4.69, 9.17) is 5.73 Å². The summed E-state index contributed by atoms with van der Waals surface area (Å²) in [5.74, 6) is -1.52. The Morgan fingerprint density at radius 3 is 2.60 bits per heavy atom. The number of aromatic nitrogens is 4. The number of nitrogens with zero attached hydrogens (tertiary/aromatic N) is 6. The van der Waals surface area contributed by atoms with E-state index in [0.29, 0.717) is 16.9 Å². The number of benzene rings is 1. The van der Waals surface area contributed by atoms with E-state index in [0.717, 1.165) is 50.1 Å². The molecule has 3 aliphatic rings. The lowest BCUT2D eigenvalue weighted by atomic mass is 9.98. The average Bonchev–Trinajstić information content (AvgIpc) is 3.52. The van der Waals surface area contributed by atoms with Gasteiger partial charge in [0, 0.05) is 36.5 Å². The quantitative estimate of drug-likeness (QED) is 0.375. The van der Waals surface area contributed by atoms with Crippen molar-refractivity contribution in [1.29, 1.82) is 0 Å². The minimum Gasteiger partial charge on any atom is -0.364 e. The Kier molecular flexibility index (Phi) is 7.15. The Labute approximate surface area is 230 Å². The summed E-state index contributed by atoms with van der Waals surface area (Å²) < 4.78 is 15.9. The van der Waals surface area contributed by atoms with Crippen molar-refractivity contribution < 1.29 is 18.8 Å². The summed E-state index contributed by atoms with van der Waals surface area (Å²) in [6.07, 6.45) is 4.01. The number of nitrogens with one attached hydrogen (secondary N) is 2. The van der Waals surface area contributed by atoms with Crippen LogP contribution in [0.5, 0.6) is 0 Å². The third kappa shape index (κ3) is 5.13. The van der Waals surface area contributed by atoms with Crippen molar-refractivity contribution in [2.45, 2.75) is 50.1 Å². The molecule has 6 rings (SSSR count). The van der Waals surface area contributed by atoms with Crippen LogP contribution in [-0.4, -0.2) is 105 Å². The number of carbonyl (C=O) groups excluding carboxylic acids is 3. The average molecular weight is 550 g/mol. The number of primary amides is 1. The van der Waals surface area contributed by atoms with Crippen LogP contribution in [0.2, 0.25) is 0 Å². The first-order chi connectivity index (χ1) is 19.4. The smallest absolute Gasteiger partial charge is 0.269 e. The third-order valence-electron chi connectivity index (χ3n) is 8.14. The third-order valence-corrected chi connectivity index (χ3v) is 8.14. The Bertz CT molecular complexity index is 1420. The van der Waals surface area contributed by atoms with Crippen molar-refractivity contribution in [3.8, 4) is 11.1 Å². The second-order valence-corrected chi connectivity index (χ2v) is 10.8. The van der Waals surface area contributed by atoms with Crippen LogP contribution >= 0.6 is 0 Å². The van der Waals surface area contributed by atoms with E-state index in [1.54, 1.807) is 30.6 Å². The van der Waals surface area contributed by atoms with Gasteiger partial charge in [0.05, 0.1) is 30.5 Å². The molecule has 12 nitrogen and oxygen atoms in total. The Morgan fingerprint density at radius 1 is 1.07 bits per heavy atom. The number of hydrogen-bond donors (Lipinski definition) is 3. The maximum atomic E-state index is 14.5. The minimum absolute atomic E-state index is 0.00373. The number of fused-ring (bicyclic) bond motifs is 1. The first-order valence-electron chi connectivity index (χ1n) is 13.6. The van der Waals surface area contributed by atoms with Gasteiger partial charge in [0.25, 0.3) is 5.91 Å². The molecule has 3 amide bonds. The lowest BCUT2D eigenvalue weighted by Gasteiger charge is -2.46. The molecule has 0 radical (unpaired) electrons. The number of rotatable bonds is 7. The highest BCUT2D eigenvalue weighted by Crippen LogP contribution is 2.28. The molecular weight excluding hydrogens is 517 g/mol. The summed E-state index contributed by atoms with van der Waals surface area (Å²) >= 11 is 0. The molecule has 210 valence electrons. The van der Waals surface area contributed by atoms with E-state index in [-0.39, 0.29) is 37.2 Å². The zero-order chi connectivity index (χ0) is 27.8. The molecule has 5 heterocycles. The van der Waals surface area contributed by atoms with Crippen LogP contribution in [0.25, 0.3) is 22.0 Å². The van der Waals surface area contributed by atoms with Crippen LogP contribution < -0.4 is 16.4 Å². The molecule has 40 heavy (non-hydrogen) atoms. The maximum absolute atomic E-state index is 14.5. The zero-order valence-electron chi connectivity index (χ0n) is 22.0. The number of alkyl halides is 1. The predicted octanol–water partition coefficient (Wildman–Crippen LogP) is 0.0836. The monoisotopic (exact) mass is 549 g/mol. The number of hydrogen-bond acceptors (Lipinski definition) is 8. The summed E-state index contributed by atoms with van der Waals surface area (Å²) in [5.41, 5.74) is 7.72. The number of amides is 3. The fraction of sp³-hybridized carbons (Fsp3) is 0.481. The molecule has 3 aliphatic heterocycles. The molecule has 0 saturated carbocycles. The van der Waals surface area contributed by atoms with Crippen molar-refractivity contribution in [3.63, 3.8) is 0 Å². The number of nitrogens with two attached hydrogens (primary N) is 1. The van der Waals surface area contributed by atoms with Gasteiger partial charge in [0.2, 0.25) is 11.8 Å². The largest absolute Gasteiger partial charge is 0.364 e. The molecule has 1 aromatic carbocycles. The fourth-order valence-corrected chi connectivity index (χ4v) is 6.02. The van der Waals surface area contributed by atoms with Gasteiger partial charge in [-0.2, -0.15) is 15.3 Å². The van der Waals surface area contributed by atoms with Gasteiger partial charge in [-0.05, 0) is 49.7 Å². The van der Waals surface area contributed by atoms with Gasteiger partial charge in [-0.15, -0.1) is 0 Å². The van der Waals surface area contributed by atoms with Crippen LogP contribution in [0.1, 0.15) is 29.8 Å². The summed E-state index contributed by atoms with van der Waals surface area (Å²) in [4.78, 5) is 42.4. The van der Waals surface area contributed by atoms with Gasteiger partial charge < -0.3 is 21.3 Å². The summed E-state index contributed by atoms with van der Waals surface area (Å²) in [5, 5.41) is 18.8. The molecule has 4 N–H and O–H groups in total. The van der Waals surface area contributed by atoms with Crippen molar-refractivity contribution in [3.05, 3.63) is 42.4 Å².